The number of fused-ring (bicyclic) bond motifs is 1. The van der Waals surface area contributed by atoms with Gasteiger partial charge in [0, 0.05) is 19.2 Å². The molecule has 0 fully saturated rings. The van der Waals surface area contributed by atoms with Crippen LogP contribution in [-0.4, -0.2) is 24.0 Å². The molecule has 0 aliphatic carbocycles. The first kappa shape index (κ1) is 10.7. The third kappa shape index (κ3) is 1.56. The van der Waals surface area contributed by atoms with Gasteiger partial charge in [0.1, 0.15) is 0 Å². The minimum absolute atomic E-state index is 0.0787. The number of rotatable bonds is 1. The Morgan fingerprint density at radius 1 is 1.38 bits per heavy atom. The van der Waals surface area contributed by atoms with Crippen LogP contribution in [0.15, 0.2) is 12.1 Å². The average molecular weight is 219 g/mol. The third-order valence-corrected chi connectivity index (χ3v) is 3.00. The van der Waals surface area contributed by atoms with E-state index in [0.717, 1.165) is 11.3 Å². The minimum atomic E-state index is -0.917. The number of hydrogen-bond donors (Lipinski definition) is 1. The normalized spacial score (nSPS) is 14.9. The molecule has 4 heteroatoms. The van der Waals surface area contributed by atoms with Gasteiger partial charge in [-0.3, -0.25) is 4.79 Å². The number of carboxylic acid groups (broad SMARTS) is 1. The van der Waals surface area contributed by atoms with Crippen molar-refractivity contribution in [3.05, 3.63) is 28.8 Å². The van der Waals surface area contributed by atoms with E-state index in [1.54, 1.807) is 31.0 Å². The Hall–Kier alpha value is -1.84. The molecule has 1 aromatic carbocycles. The second-order valence-corrected chi connectivity index (χ2v) is 4.05. The van der Waals surface area contributed by atoms with Crippen molar-refractivity contribution in [1.82, 2.24) is 0 Å². The number of aromatic carboxylic acids is 1. The molecule has 84 valence electrons. The standard InChI is InChI=1S/C12H13NO3/c1-7-5-10-8(6-9(7)12(15)16)3-4-11(14)13(10)2/h5-6H,3-4H2,1-2H3,(H,15,16). The highest BCUT2D eigenvalue weighted by Gasteiger charge is 2.22. The smallest absolute Gasteiger partial charge is 0.335 e. The highest BCUT2D eigenvalue weighted by atomic mass is 16.4. The van der Waals surface area contributed by atoms with E-state index in [2.05, 4.69) is 0 Å². The van der Waals surface area contributed by atoms with Crippen LogP contribution in [0.25, 0.3) is 0 Å². The Morgan fingerprint density at radius 3 is 2.69 bits per heavy atom. The van der Waals surface area contributed by atoms with Crippen LogP contribution in [0.1, 0.15) is 27.9 Å². The fraction of sp³-hybridized carbons (Fsp3) is 0.333. The molecule has 1 N–H and O–H groups in total. The second-order valence-electron chi connectivity index (χ2n) is 4.05. The molecular formula is C12H13NO3. The van der Waals surface area contributed by atoms with Crippen LogP contribution in [-0.2, 0) is 11.2 Å². The highest BCUT2D eigenvalue weighted by molar-refractivity contribution is 5.98. The van der Waals surface area contributed by atoms with Gasteiger partial charge in [-0.1, -0.05) is 0 Å². The molecule has 1 aromatic rings. The Kier molecular flexibility index (Phi) is 2.42. The van der Waals surface area contributed by atoms with Gasteiger partial charge in [-0.2, -0.15) is 0 Å². The van der Waals surface area contributed by atoms with E-state index in [1.807, 2.05) is 0 Å². The van der Waals surface area contributed by atoms with Crippen molar-refractivity contribution in [2.75, 3.05) is 11.9 Å². The maximum Gasteiger partial charge on any atom is 0.335 e. The van der Waals surface area contributed by atoms with Crippen LogP contribution in [0.3, 0.4) is 0 Å². The summed E-state index contributed by atoms with van der Waals surface area (Å²) in [6.07, 6.45) is 1.07. The summed E-state index contributed by atoms with van der Waals surface area (Å²) in [4.78, 5) is 24.1. The molecule has 0 radical (unpaired) electrons. The Labute approximate surface area is 93.5 Å². The summed E-state index contributed by atoms with van der Waals surface area (Å²) >= 11 is 0. The number of amides is 1. The molecule has 1 aliphatic rings. The van der Waals surface area contributed by atoms with Crippen LogP contribution in [0.4, 0.5) is 5.69 Å². The molecule has 0 saturated heterocycles. The topological polar surface area (TPSA) is 57.6 Å². The number of anilines is 1. The SMILES string of the molecule is Cc1cc2c(cc1C(=O)O)CCC(=O)N2C. The minimum Gasteiger partial charge on any atom is -0.478 e. The highest BCUT2D eigenvalue weighted by Crippen LogP contribution is 2.29. The third-order valence-electron chi connectivity index (χ3n) is 3.00. The summed E-state index contributed by atoms with van der Waals surface area (Å²) in [6, 6.07) is 3.45. The van der Waals surface area contributed by atoms with Crippen molar-refractivity contribution >= 4 is 17.6 Å². The van der Waals surface area contributed by atoms with Crippen molar-refractivity contribution in [3.8, 4) is 0 Å². The largest absolute Gasteiger partial charge is 0.478 e. The van der Waals surface area contributed by atoms with Gasteiger partial charge >= 0.3 is 5.97 Å². The van der Waals surface area contributed by atoms with Crippen LogP contribution < -0.4 is 4.90 Å². The number of carboxylic acids is 1. The van der Waals surface area contributed by atoms with E-state index in [0.29, 0.717) is 24.0 Å². The molecular weight excluding hydrogens is 206 g/mol. The molecule has 1 amide bonds. The second kappa shape index (κ2) is 3.63. The number of carbonyl (C=O) groups is 2. The molecule has 0 saturated carbocycles. The molecule has 1 aliphatic heterocycles. The zero-order chi connectivity index (χ0) is 11.9. The maximum atomic E-state index is 11.5. The summed E-state index contributed by atoms with van der Waals surface area (Å²) in [5, 5.41) is 9.00. The molecule has 16 heavy (non-hydrogen) atoms. The number of aryl methyl sites for hydroxylation is 2. The summed E-state index contributed by atoms with van der Waals surface area (Å²) in [6.45, 7) is 1.75. The summed E-state index contributed by atoms with van der Waals surface area (Å²) < 4.78 is 0. The molecule has 1 heterocycles. The van der Waals surface area contributed by atoms with Crippen LogP contribution in [0.2, 0.25) is 0 Å². The first-order chi connectivity index (χ1) is 7.50. The first-order valence-corrected chi connectivity index (χ1v) is 5.14. The molecule has 2 rings (SSSR count). The van der Waals surface area contributed by atoms with E-state index in [-0.39, 0.29) is 5.91 Å². The predicted molar refractivity (Wildman–Crippen MR) is 59.9 cm³/mol. The molecule has 0 unspecified atom stereocenters. The van der Waals surface area contributed by atoms with Crippen LogP contribution in [0.5, 0.6) is 0 Å². The molecule has 4 nitrogen and oxygen atoms in total. The number of benzene rings is 1. The Bertz CT molecular complexity index is 479. The van der Waals surface area contributed by atoms with Gasteiger partial charge in [0.25, 0.3) is 0 Å². The van der Waals surface area contributed by atoms with Crippen molar-refractivity contribution in [2.45, 2.75) is 19.8 Å². The molecule has 0 atom stereocenters. The van der Waals surface area contributed by atoms with Crippen LogP contribution in [0, 0.1) is 6.92 Å². The number of carbonyl (C=O) groups excluding carboxylic acids is 1. The van der Waals surface area contributed by atoms with Gasteiger partial charge in [0.2, 0.25) is 5.91 Å². The summed E-state index contributed by atoms with van der Waals surface area (Å²) in [5.41, 5.74) is 2.78. The van der Waals surface area contributed by atoms with Crippen molar-refractivity contribution < 1.29 is 14.7 Å². The van der Waals surface area contributed by atoms with E-state index in [9.17, 15) is 9.59 Å². The van der Waals surface area contributed by atoms with Gasteiger partial charge in [-0.25, -0.2) is 4.79 Å². The zero-order valence-corrected chi connectivity index (χ0v) is 9.28. The van der Waals surface area contributed by atoms with E-state index < -0.39 is 5.97 Å². The first-order valence-electron chi connectivity index (χ1n) is 5.14. The molecule has 0 bridgehead atoms. The average Bonchev–Trinajstić information content (AvgIpc) is 2.23. The quantitative estimate of drug-likeness (QED) is 0.780. The van der Waals surface area contributed by atoms with Gasteiger partial charge < -0.3 is 10.0 Å². The van der Waals surface area contributed by atoms with Crippen molar-refractivity contribution in [1.29, 1.82) is 0 Å². The molecule has 0 aromatic heterocycles. The van der Waals surface area contributed by atoms with E-state index in [1.165, 1.54) is 0 Å². The van der Waals surface area contributed by atoms with Gasteiger partial charge in [0.15, 0.2) is 0 Å². The Morgan fingerprint density at radius 2 is 2.06 bits per heavy atom. The number of nitrogens with zero attached hydrogens (tertiary/aromatic N) is 1. The van der Waals surface area contributed by atoms with E-state index >= 15 is 0 Å². The lowest BCUT2D eigenvalue weighted by molar-refractivity contribution is -0.118. The van der Waals surface area contributed by atoms with Crippen LogP contribution >= 0.6 is 0 Å². The monoisotopic (exact) mass is 219 g/mol. The number of hydrogen-bond acceptors (Lipinski definition) is 2. The molecule has 0 spiro atoms. The lowest BCUT2D eigenvalue weighted by atomic mass is 9.96. The zero-order valence-electron chi connectivity index (χ0n) is 9.28. The Balaban J connectivity index is 2.56. The van der Waals surface area contributed by atoms with Gasteiger partial charge in [-0.15, -0.1) is 0 Å². The van der Waals surface area contributed by atoms with E-state index in [4.69, 9.17) is 5.11 Å². The van der Waals surface area contributed by atoms with Crippen molar-refractivity contribution in [2.24, 2.45) is 0 Å². The summed E-state index contributed by atoms with van der Waals surface area (Å²) in [7, 11) is 1.72. The fourth-order valence-corrected chi connectivity index (χ4v) is 2.02. The van der Waals surface area contributed by atoms with Gasteiger partial charge in [0.05, 0.1) is 5.56 Å². The lowest BCUT2D eigenvalue weighted by Gasteiger charge is -2.26. The maximum absolute atomic E-state index is 11.5. The predicted octanol–water partition coefficient (Wildman–Crippen LogP) is 1.60. The van der Waals surface area contributed by atoms with Crippen molar-refractivity contribution in [3.63, 3.8) is 0 Å². The summed E-state index contributed by atoms with van der Waals surface area (Å²) in [5.74, 6) is -0.838. The fourth-order valence-electron chi connectivity index (χ4n) is 2.02. The lowest BCUT2D eigenvalue weighted by Crippen LogP contribution is -2.31. The van der Waals surface area contributed by atoms with Gasteiger partial charge in [-0.05, 0) is 36.6 Å².